The Bertz CT molecular complexity index is 1580. The van der Waals surface area contributed by atoms with Crippen LogP contribution >= 0.6 is 0 Å². The van der Waals surface area contributed by atoms with Crippen molar-refractivity contribution in [2.75, 3.05) is 25.5 Å². The quantitative estimate of drug-likeness (QED) is 0.116. The molecule has 0 fully saturated rings. The number of aliphatic hydroxyl groups excluding tert-OH is 1. The second-order valence-corrected chi connectivity index (χ2v) is 13.5. The minimum Gasteiger partial charge on any atom is -0.390 e. The number of anilines is 1. The van der Waals surface area contributed by atoms with Gasteiger partial charge in [0.15, 0.2) is 0 Å². The standard InChI is InChI=1S/C35H42N4O5S/c1-27(2)23-38(45(43,44)31-19-20-32(36-3)33(22-31)39(41)42)26-35(40)34(21-28-13-7-4-8-14-28)37(24-29-15-9-5-10-16-29)25-30-17-11-6-12-18-30/h4-20,22,27,34-36,40H,21,23-26H2,1-3H3/t34-,35+/m0/s1. The van der Waals surface area contributed by atoms with Crippen molar-refractivity contribution in [2.24, 2.45) is 5.92 Å². The van der Waals surface area contributed by atoms with Crippen LogP contribution in [0.25, 0.3) is 0 Å². The summed E-state index contributed by atoms with van der Waals surface area (Å²) in [6.07, 6.45) is -0.600. The van der Waals surface area contributed by atoms with E-state index in [0.29, 0.717) is 19.5 Å². The van der Waals surface area contributed by atoms with Crippen molar-refractivity contribution in [2.45, 2.75) is 50.4 Å². The van der Waals surface area contributed by atoms with Crippen molar-refractivity contribution in [1.82, 2.24) is 9.21 Å². The summed E-state index contributed by atoms with van der Waals surface area (Å²) < 4.78 is 29.4. The van der Waals surface area contributed by atoms with Gasteiger partial charge in [-0.15, -0.1) is 0 Å². The zero-order valence-corrected chi connectivity index (χ0v) is 26.8. The van der Waals surface area contributed by atoms with Crippen molar-refractivity contribution >= 4 is 21.4 Å². The fraction of sp³-hybridized carbons (Fsp3) is 0.314. The molecule has 0 aliphatic rings. The number of hydrogen-bond donors (Lipinski definition) is 2. The van der Waals surface area contributed by atoms with Crippen LogP contribution in [0.15, 0.2) is 114 Å². The molecule has 238 valence electrons. The minimum absolute atomic E-state index is 0.0594. The molecule has 0 unspecified atom stereocenters. The van der Waals surface area contributed by atoms with Crippen LogP contribution in [0.4, 0.5) is 11.4 Å². The van der Waals surface area contributed by atoms with Gasteiger partial charge < -0.3 is 10.4 Å². The molecule has 0 amide bonds. The third-order valence-corrected chi connectivity index (χ3v) is 9.52. The minimum atomic E-state index is -4.20. The number of hydrogen-bond acceptors (Lipinski definition) is 7. The number of rotatable bonds is 16. The number of sulfonamides is 1. The van der Waals surface area contributed by atoms with Gasteiger partial charge in [-0.3, -0.25) is 15.0 Å². The second-order valence-electron chi connectivity index (χ2n) is 11.6. The van der Waals surface area contributed by atoms with Crippen LogP contribution in [-0.2, 0) is 29.5 Å². The third-order valence-electron chi connectivity index (χ3n) is 7.69. The second kappa shape index (κ2) is 15.8. The number of benzene rings is 4. The van der Waals surface area contributed by atoms with Crippen LogP contribution in [-0.4, -0.2) is 59.9 Å². The zero-order valence-electron chi connectivity index (χ0n) is 26.0. The normalized spacial score (nSPS) is 13.2. The lowest BCUT2D eigenvalue weighted by molar-refractivity contribution is -0.384. The van der Waals surface area contributed by atoms with Crippen LogP contribution < -0.4 is 5.32 Å². The van der Waals surface area contributed by atoms with Gasteiger partial charge in [-0.2, -0.15) is 4.31 Å². The molecule has 45 heavy (non-hydrogen) atoms. The first-order valence-electron chi connectivity index (χ1n) is 15.1. The van der Waals surface area contributed by atoms with Crippen LogP contribution in [0.5, 0.6) is 0 Å². The topological polar surface area (TPSA) is 116 Å². The fourth-order valence-electron chi connectivity index (χ4n) is 5.48. The number of nitrogens with one attached hydrogen (secondary N) is 1. The molecule has 0 bridgehead atoms. The van der Waals surface area contributed by atoms with Crippen molar-refractivity contribution < 1.29 is 18.4 Å². The van der Waals surface area contributed by atoms with Gasteiger partial charge in [-0.1, -0.05) is 105 Å². The van der Waals surface area contributed by atoms with E-state index in [1.165, 1.54) is 16.4 Å². The Morgan fingerprint density at radius 3 is 1.78 bits per heavy atom. The highest BCUT2D eigenvalue weighted by Crippen LogP contribution is 2.30. The Balaban J connectivity index is 1.73. The molecular weight excluding hydrogens is 588 g/mol. The molecule has 4 aromatic carbocycles. The Morgan fingerprint density at radius 1 is 0.800 bits per heavy atom. The molecule has 4 rings (SSSR count). The van der Waals surface area contributed by atoms with Crippen molar-refractivity contribution in [1.29, 1.82) is 0 Å². The summed E-state index contributed by atoms with van der Waals surface area (Å²) in [5.41, 5.74) is 3.05. The van der Waals surface area contributed by atoms with Gasteiger partial charge in [-0.05, 0) is 41.2 Å². The zero-order chi connectivity index (χ0) is 32.4. The highest BCUT2D eigenvalue weighted by molar-refractivity contribution is 7.89. The predicted molar refractivity (Wildman–Crippen MR) is 178 cm³/mol. The van der Waals surface area contributed by atoms with E-state index >= 15 is 0 Å². The van der Waals surface area contributed by atoms with E-state index in [4.69, 9.17) is 0 Å². The first-order chi connectivity index (χ1) is 21.6. The first kappa shape index (κ1) is 33.8. The summed E-state index contributed by atoms with van der Waals surface area (Å²) in [5.74, 6) is -0.0594. The van der Waals surface area contributed by atoms with Crippen molar-refractivity contribution in [3.8, 4) is 0 Å². The van der Waals surface area contributed by atoms with Gasteiger partial charge in [0.1, 0.15) is 5.69 Å². The number of nitro benzene ring substituents is 1. The average molecular weight is 631 g/mol. The van der Waals surface area contributed by atoms with E-state index in [1.807, 2.05) is 105 Å². The molecule has 0 heterocycles. The monoisotopic (exact) mass is 630 g/mol. The number of aliphatic hydroxyl groups is 1. The molecule has 0 saturated heterocycles. The van der Waals surface area contributed by atoms with Gasteiger partial charge in [0.25, 0.3) is 5.69 Å². The third kappa shape index (κ3) is 9.21. The molecular formula is C35H42N4O5S. The Labute approximate surface area is 266 Å². The predicted octanol–water partition coefficient (Wildman–Crippen LogP) is 5.96. The first-order valence-corrected chi connectivity index (χ1v) is 16.5. The summed E-state index contributed by atoms with van der Waals surface area (Å²) in [6.45, 7) is 4.84. The van der Waals surface area contributed by atoms with Gasteiger partial charge in [0.2, 0.25) is 10.0 Å². The average Bonchev–Trinajstić information content (AvgIpc) is 3.04. The highest BCUT2D eigenvalue weighted by Gasteiger charge is 2.34. The Morgan fingerprint density at radius 2 is 1.31 bits per heavy atom. The van der Waals surface area contributed by atoms with E-state index in [0.717, 1.165) is 22.8 Å². The van der Waals surface area contributed by atoms with E-state index in [9.17, 15) is 23.6 Å². The summed E-state index contributed by atoms with van der Waals surface area (Å²) in [5, 5.41) is 26.5. The van der Waals surface area contributed by atoms with E-state index < -0.39 is 27.1 Å². The van der Waals surface area contributed by atoms with E-state index in [-0.39, 0.29) is 35.3 Å². The maximum absolute atomic E-state index is 14.1. The van der Waals surface area contributed by atoms with Gasteiger partial charge >= 0.3 is 0 Å². The maximum Gasteiger partial charge on any atom is 0.293 e. The lowest BCUT2D eigenvalue weighted by Crippen LogP contribution is -2.50. The van der Waals surface area contributed by atoms with E-state index in [1.54, 1.807) is 7.05 Å². The van der Waals surface area contributed by atoms with Gasteiger partial charge in [-0.25, -0.2) is 8.42 Å². The highest BCUT2D eigenvalue weighted by atomic mass is 32.2. The molecule has 2 N–H and O–H groups in total. The van der Waals surface area contributed by atoms with Gasteiger partial charge in [0, 0.05) is 45.3 Å². The molecule has 0 aliphatic carbocycles. The van der Waals surface area contributed by atoms with E-state index in [2.05, 4.69) is 10.2 Å². The lowest BCUT2D eigenvalue weighted by atomic mass is 9.97. The van der Waals surface area contributed by atoms with Gasteiger partial charge in [0.05, 0.1) is 15.9 Å². The van der Waals surface area contributed by atoms with Crippen LogP contribution in [0, 0.1) is 16.0 Å². The molecule has 10 heteroatoms. The molecule has 0 aliphatic heterocycles. The summed E-state index contributed by atoms with van der Waals surface area (Å²) in [7, 11) is -2.66. The molecule has 0 aromatic heterocycles. The SMILES string of the molecule is CNc1ccc(S(=O)(=O)N(CC(C)C)C[C@@H](O)[C@H](Cc2ccccc2)N(Cc2ccccc2)Cc2ccccc2)cc1[N+](=O)[O-]. The molecule has 0 radical (unpaired) electrons. The molecule has 0 spiro atoms. The van der Waals surface area contributed by atoms with Crippen LogP contribution in [0.2, 0.25) is 0 Å². The van der Waals surface area contributed by atoms with Crippen molar-refractivity contribution in [3.05, 3.63) is 136 Å². The largest absolute Gasteiger partial charge is 0.390 e. The maximum atomic E-state index is 14.1. The molecule has 4 aromatic rings. The molecule has 0 saturated carbocycles. The Hall–Kier alpha value is -4.09. The number of nitrogens with zero attached hydrogens (tertiary/aromatic N) is 3. The smallest absolute Gasteiger partial charge is 0.293 e. The molecule has 9 nitrogen and oxygen atoms in total. The number of nitro groups is 1. The summed E-state index contributed by atoms with van der Waals surface area (Å²) in [6, 6.07) is 33.3. The lowest BCUT2D eigenvalue weighted by Gasteiger charge is -2.37. The molecule has 2 atom stereocenters. The van der Waals surface area contributed by atoms with Crippen molar-refractivity contribution in [3.63, 3.8) is 0 Å². The van der Waals surface area contributed by atoms with Crippen LogP contribution in [0.1, 0.15) is 30.5 Å². The Kier molecular flexibility index (Phi) is 11.8. The van der Waals surface area contributed by atoms with Crippen LogP contribution in [0.3, 0.4) is 0 Å². The summed E-state index contributed by atoms with van der Waals surface area (Å²) in [4.78, 5) is 13.1. The summed E-state index contributed by atoms with van der Waals surface area (Å²) >= 11 is 0. The fourth-order valence-corrected chi connectivity index (χ4v) is 7.12.